The second kappa shape index (κ2) is 7.97. The van der Waals surface area contributed by atoms with Crippen LogP contribution in [0.1, 0.15) is 10.4 Å². The van der Waals surface area contributed by atoms with Gasteiger partial charge in [0.1, 0.15) is 12.9 Å². The molecule has 0 bridgehead atoms. The number of pyridine rings is 1. The van der Waals surface area contributed by atoms with Crippen molar-refractivity contribution >= 4 is 11.6 Å². The lowest BCUT2D eigenvalue weighted by molar-refractivity contribution is 0.102. The normalized spacial score (nSPS) is 10.4. The van der Waals surface area contributed by atoms with Gasteiger partial charge in [0.2, 0.25) is 5.88 Å². The number of rotatable bonds is 7. The topological polar surface area (TPSA) is 104 Å². The van der Waals surface area contributed by atoms with Gasteiger partial charge in [-0.2, -0.15) is 0 Å². The number of nitrogens with one attached hydrogen (secondary N) is 1. The van der Waals surface area contributed by atoms with Crippen molar-refractivity contribution in [1.29, 1.82) is 0 Å². The molecule has 1 aromatic carbocycles. The summed E-state index contributed by atoms with van der Waals surface area (Å²) in [6, 6.07) is 10.3. The van der Waals surface area contributed by atoms with E-state index in [1.807, 2.05) is 0 Å². The van der Waals surface area contributed by atoms with Gasteiger partial charge in [0, 0.05) is 30.6 Å². The molecule has 0 aliphatic heterocycles. The zero-order chi connectivity index (χ0) is 17.5. The van der Waals surface area contributed by atoms with Gasteiger partial charge in [-0.15, -0.1) is 5.10 Å². The standard InChI is InChI=1S/C16H16N6O3/c1-24-8-9-25-15-10-12(6-7-17-15)16(23)19-13-2-4-14(5-3-13)22-11-18-20-21-22/h2-7,10-11H,8-9H2,1H3,(H,19,23). The maximum atomic E-state index is 12.4. The lowest BCUT2D eigenvalue weighted by Gasteiger charge is -2.08. The Labute approximate surface area is 143 Å². The fourth-order valence-corrected chi connectivity index (χ4v) is 2.04. The third kappa shape index (κ3) is 4.36. The molecular formula is C16H16N6O3. The molecule has 0 aliphatic carbocycles. The van der Waals surface area contributed by atoms with Crippen LogP contribution in [0.15, 0.2) is 48.9 Å². The van der Waals surface area contributed by atoms with Crippen LogP contribution in [0.3, 0.4) is 0 Å². The van der Waals surface area contributed by atoms with Gasteiger partial charge in [0.05, 0.1) is 12.3 Å². The van der Waals surface area contributed by atoms with Gasteiger partial charge in [-0.25, -0.2) is 9.67 Å². The molecule has 1 amide bonds. The molecule has 0 saturated carbocycles. The minimum atomic E-state index is -0.255. The highest BCUT2D eigenvalue weighted by molar-refractivity contribution is 6.04. The van der Waals surface area contributed by atoms with E-state index in [2.05, 4.69) is 25.8 Å². The first-order chi connectivity index (χ1) is 12.3. The monoisotopic (exact) mass is 340 g/mol. The number of benzene rings is 1. The summed E-state index contributed by atoms with van der Waals surface area (Å²) in [6.07, 6.45) is 3.02. The molecule has 0 spiro atoms. The second-order valence-electron chi connectivity index (χ2n) is 4.98. The van der Waals surface area contributed by atoms with E-state index in [0.717, 1.165) is 5.69 Å². The van der Waals surface area contributed by atoms with E-state index in [4.69, 9.17) is 9.47 Å². The van der Waals surface area contributed by atoms with Gasteiger partial charge in [0.25, 0.3) is 5.91 Å². The Morgan fingerprint density at radius 1 is 1.20 bits per heavy atom. The van der Waals surface area contributed by atoms with Crippen LogP contribution in [0.25, 0.3) is 5.69 Å². The molecule has 9 nitrogen and oxygen atoms in total. The molecular weight excluding hydrogens is 324 g/mol. The number of ether oxygens (including phenoxy) is 2. The van der Waals surface area contributed by atoms with Crippen molar-refractivity contribution in [1.82, 2.24) is 25.2 Å². The minimum absolute atomic E-state index is 0.255. The number of anilines is 1. The maximum Gasteiger partial charge on any atom is 0.255 e. The molecule has 128 valence electrons. The molecule has 0 atom stereocenters. The SMILES string of the molecule is COCCOc1cc(C(=O)Nc2ccc(-n3cnnn3)cc2)ccn1. The molecule has 25 heavy (non-hydrogen) atoms. The molecule has 3 aromatic rings. The van der Waals surface area contributed by atoms with Gasteiger partial charge >= 0.3 is 0 Å². The van der Waals surface area contributed by atoms with E-state index >= 15 is 0 Å². The number of nitrogens with zero attached hydrogens (tertiary/aromatic N) is 5. The largest absolute Gasteiger partial charge is 0.475 e. The number of hydrogen-bond acceptors (Lipinski definition) is 7. The number of methoxy groups -OCH3 is 1. The smallest absolute Gasteiger partial charge is 0.255 e. The average molecular weight is 340 g/mol. The molecule has 0 radical (unpaired) electrons. The molecule has 2 aromatic heterocycles. The molecule has 3 rings (SSSR count). The number of aromatic nitrogens is 5. The van der Waals surface area contributed by atoms with E-state index < -0.39 is 0 Å². The van der Waals surface area contributed by atoms with Crippen LogP contribution in [-0.4, -0.2) is 51.4 Å². The number of carbonyl (C=O) groups is 1. The van der Waals surface area contributed by atoms with E-state index in [9.17, 15) is 4.79 Å². The number of hydrogen-bond donors (Lipinski definition) is 1. The van der Waals surface area contributed by atoms with E-state index in [-0.39, 0.29) is 5.91 Å². The van der Waals surface area contributed by atoms with Crippen LogP contribution in [0.4, 0.5) is 5.69 Å². The quantitative estimate of drug-likeness (QED) is 0.647. The summed E-state index contributed by atoms with van der Waals surface area (Å²) in [5.41, 5.74) is 1.90. The zero-order valence-electron chi connectivity index (χ0n) is 13.5. The Morgan fingerprint density at radius 2 is 2.04 bits per heavy atom. The van der Waals surface area contributed by atoms with Crippen molar-refractivity contribution < 1.29 is 14.3 Å². The third-order valence-corrected chi connectivity index (χ3v) is 3.27. The summed E-state index contributed by atoms with van der Waals surface area (Å²) in [5.74, 6) is 0.118. The molecule has 0 fully saturated rings. The van der Waals surface area contributed by atoms with E-state index in [1.54, 1.807) is 43.5 Å². The predicted molar refractivity (Wildman–Crippen MR) is 88.7 cm³/mol. The third-order valence-electron chi connectivity index (χ3n) is 3.27. The van der Waals surface area contributed by atoms with Crippen molar-refractivity contribution in [3.63, 3.8) is 0 Å². The van der Waals surface area contributed by atoms with Crippen LogP contribution in [0, 0.1) is 0 Å². The van der Waals surface area contributed by atoms with E-state index in [1.165, 1.54) is 17.2 Å². The first-order valence-corrected chi connectivity index (χ1v) is 7.49. The van der Waals surface area contributed by atoms with Gasteiger partial charge in [0.15, 0.2) is 0 Å². The molecule has 0 unspecified atom stereocenters. The van der Waals surface area contributed by atoms with Gasteiger partial charge in [-0.3, -0.25) is 4.79 Å². The van der Waals surface area contributed by atoms with Crippen LogP contribution in [0.5, 0.6) is 5.88 Å². The van der Waals surface area contributed by atoms with Gasteiger partial charge in [-0.05, 0) is 40.8 Å². The summed E-state index contributed by atoms with van der Waals surface area (Å²) >= 11 is 0. The van der Waals surface area contributed by atoms with Crippen molar-refractivity contribution in [2.75, 3.05) is 25.6 Å². The maximum absolute atomic E-state index is 12.4. The highest BCUT2D eigenvalue weighted by atomic mass is 16.5. The molecule has 0 aliphatic rings. The second-order valence-corrected chi connectivity index (χ2v) is 4.98. The Bertz CT molecular complexity index is 820. The summed E-state index contributed by atoms with van der Waals surface area (Å²) in [4.78, 5) is 16.4. The van der Waals surface area contributed by atoms with Crippen LogP contribution >= 0.6 is 0 Å². The summed E-state index contributed by atoms with van der Waals surface area (Å²) in [7, 11) is 1.59. The van der Waals surface area contributed by atoms with Crippen LogP contribution in [0.2, 0.25) is 0 Å². The average Bonchev–Trinajstić information content (AvgIpc) is 3.17. The molecule has 0 saturated heterocycles. The number of tetrazole rings is 1. The minimum Gasteiger partial charge on any atom is -0.475 e. The Kier molecular flexibility index (Phi) is 5.27. The van der Waals surface area contributed by atoms with E-state index in [0.29, 0.717) is 30.3 Å². The Hall–Kier alpha value is -3.33. The first kappa shape index (κ1) is 16.5. The summed E-state index contributed by atoms with van der Waals surface area (Å²) < 4.78 is 11.8. The Balaban J connectivity index is 1.64. The fraction of sp³-hybridized carbons (Fsp3) is 0.188. The van der Waals surface area contributed by atoms with Crippen molar-refractivity contribution in [2.45, 2.75) is 0 Å². The molecule has 2 heterocycles. The summed E-state index contributed by atoms with van der Waals surface area (Å²) in [5, 5.41) is 13.8. The fourth-order valence-electron chi connectivity index (χ4n) is 2.04. The van der Waals surface area contributed by atoms with Crippen LogP contribution < -0.4 is 10.1 Å². The number of carbonyl (C=O) groups excluding carboxylic acids is 1. The van der Waals surface area contributed by atoms with Gasteiger partial charge < -0.3 is 14.8 Å². The lowest BCUT2D eigenvalue weighted by atomic mass is 10.2. The van der Waals surface area contributed by atoms with Gasteiger partial charge in [-0.1, -0.05) is 0 Å². The zero-order valence-corrected chi connectivity index (χ0v) is 13.5. The first-order valence-electron chi connectivity index (χ1n) is 7.49. The van der Waals surface area contributed by atoms with Crippen molar-refractivity contribution in [3.8, 4) is 11.6 Å². The Morgan fingerprint density at radius 3 is 2.76 bits per heavy atom. The summed E-state index contributed by atoms with van der Waals surface area (Å²) in [6.45, 7) is 0.818. The lowest BCUT2D eigenvalue weighted by Crippen LogP contribution is -2.13. The molecule has 9 heteroatoms. The highest BCUT2D eigenvalue weighted by Gasteiger charge is 2.08. The van der Waals surface area contributed by atoms with Crippen molar-refractivity contribution in [3.05, 3.63) is 54.5 Å². The predicted octanol–water partition coefficient (Wildman–Crippen LogP) is 1.33. The van der Waals surface area contributed by atoms with Crippen LogP contribution in [-0.2, 0) is 4.74 Å². The highest BCUT2D eigenvalue weighted by Crippen LogP contribution is 2.15. The molecule has 1 N–H and O–H groups in total. The van der Waals surface area contributed by atoms with Crippen molar-refractivity contribution in [2.24, 2.45) is 0 Å². The number of amides is 1.